The zero-order valence-corrected chi connectivity index (χ0v) is 15.6. The van der Waals surface area contributed by atoms with E-state index in [-0.39, 0.29) is 12.5 Å². The minimum atomic E-state index is 0.0796. The Bertz CT molecular complexity index is 703. The van der Waals surface area contributed by atoms with Crippen LogP contribution in [0.4, 0.5) is 0 Å². The number of rotatable bonds is 5. The topological polar surface area (TPSA) is 68.5 Å². The van der Waals surface area contributed by atoms with Crippen molar-refractivity contribution in [3.63, 3.8) is 0 Å². The van der Waals surface area contributed by atoms with Crippen LogP contribution in [-0.2, 0) is 6.61 Å². The second-order valence-electron chi connectivity index (χ2n) is 6.96. The van der Waals surface area contributed by atoms with Gasteiger partial charge in [-0.05, 0) is 37.1 Å². The average molecular weight is 357 g/mol. The Hall–Kier alpha value is -2.37. The van der Waals surface area contributed by atoms with Crippen molar-refractivity contribution in [1.29, 1.82) is 0 Å². The molecule has 1 saturated carbocycles. The van der Waals surface area contributed by atoms with Crippen LogP contribution in [0.2, 0.25) is 0 Å². The minimum absolute atomic E-state index is 0.0796. The van der Waals surface area contributed by atoms with Gasteiger partial charge in [-0.2, -0.15) is 4.98 Å². The summed E-state index contributed by atoms with van der Waals surface area (Å²) in [7, 11) is 1.93. The van der Waals surface area contributed by atoms with Gasteiger partial charge in [0.25, 0.3) is 5.91 Å². The maximum Gasteiger partial charge on any atom is 0.253 e. The Morgan fingerprint density at radius 2 is 1.81 bits per heavy atom. The first-order chi connectivity index (χ1) is 12.6. The van der Waals surface area contributed by atoms with Crippen LogP contribution in [0.1, 0.15) is 67.0 Å². The molecule has 1 aromatic heterocycles. The fourth-order valence-electron chi connectivity index (χ4n) is 3.43. The summed E-state index contributed by atoms with van der Waals surface area (Å²) in [5.74, 6) is 1.78. The molecule has 0 saturated heterocycles. The van der Waals surface area contributed by atoms with Crippen LogP contribution in [-0.4, -0.2) is 34.0 Å². The molecule has 3 rings (SSSR count). The van der Waals surface area contributed by atoms with Gasteiger partial charge in [-0.15, -0.1) is 0 Å². The number of aryl methyl sites for hydroxylation is 1. The lowest BCUT2D eigenvalue weighted by atomic mass is 9.95. The highest BCUT2D eigenvalue weighted by molar-refractivity contribution is 5.94. The van der Waals surface area contributed by atoms with E-state index in [2.05, 4.69) is 10.1 Å². The van der Waals surface area contributed by atoms with Gasteiger partial charge in [-0.25, -0.2) is 0 Å². The highest BCUT2D eigenvalue weighted by Gasteiger charge is 2.21. The third kappa shape index (κ3) is 4.84. The summed E-state index contributed by atoms with van der Waals surface area (Å²) in [5, 5.41) is 3.79. The van der Waals surface area contributed by atoms with E-state index in [0.717, 1.165) is 12.8 Å². The normalized spacial score (nSPS) is 15.9. The molecule has 0 unspecified atom stereocenters. The lowest BCUT2D eigenvalue weighted by Crippen LogP contribution is -2.37. The molecule has 6 heteroatoms. The highest BCUT2D eigenvalue weighted by atomic mass is 16.5. The zero-order chi connectivity index (χ0) is 18.4. The van der Waals surface area contributed by atoms with Crippen molar-refractivity contribution in [3.8, 4) is 5.75 Å². The number of carbonyl (C=O) groups is 1. The number of carbonyl (C=O) groups excluding carboxylic acids is 1. The van der Waals surface area contributed by atoms with Gasteiger partial charge < -0.3 is 14.2 Å². The minimum Gasteiger partial charge on any atom is -0.485 e. The molecule has 1 aliphatic carbocycles. The molecule has 0 aliphatic heterocycles. The number of ether oxygens (including phenoxy) is 1. The van der Waals surface area contributed by atoms with Gasteiger partial charge in [0.2, 0.25) is 11.7 Å². The van der Waals surface area contributed by atoms with Crippen LogP contribution in [0.25, 0.3) is 0 Å². The molecule has 2 aromatic rings. The van der Waals surface area contributed by atoms with E-state index >= 15 is 0 Å². The average Bonchev–Trinajstić information content (AvgIpc) is 3.04. The molecule has 0 atom stereocenters. The van der Waals surface area contributed by atoms with Gasteiger partial charge in [0.15, 0.2) is 6.61 Å². The van der Waals surface area contributed by atoms with Crippen LogP contribution < -0.4 is 4.74 Å². The van der Waals surface area contributed by atoms with Crippen molar-refractivity contribution >= 4 is 5.91 Å². The monoisotopic (exact) mass is 357 g/mol. The Labute approximate surface area is 154 Å². The molecule has 6 nitrogen and oxygen atoms in total. The predicted octanol–water partition coefficient (Wildman–Crippen LogP) is 4.14. The second-order valence-corrected chi connectivity index (χ2v) is 6.96. The van der Waals surface area contributed by atoms with Crippen molar-refractivity contribution in [2.75, 3.05) is 7.05 Å². The fourth-order valence-corrected chi connectivity index (χ4v) is 3.43. The van der Waals surface area contributed by atoms with Crippen molar-refractivity contribution in [1.82, 2.24) is 15.0 Å². The van der Waals surface area contributed by atoms with Crippen LogP contribution in [0.15, 0.2) is 28.8 Å². The quantitative estimate of drug-likeness (QED) is 0.804. The SMILES string of the molecule is Cc1nc(COc2ccc(C(=O)N(C)C3CCCCCCC3)cc2)no1. The summed E-state index contributed by atoms with van der Waals surface area (Å²) in [4.78, 5) is 18.8. The van der Waals surface area contributed by atoms with Gasteiger partial charge >= 0.3 is 0 Å². The molecule has 0 bridgehead atoms. The van der Waals surface area contributed by atoms with Gasteiger partial charge in [0.1, 0.15) is 5.75 Å². The van der Waals surface area contributed by atoms with E-state index in [9.17, 15) is 4.79 Å². The number of aromatic nitrogens is 2. The number of hydrogen-bond acceptors (Lipinski definition) is 5. The summed E-state index contributed by atoms with van der Waals surface area (Å²) >= 11 is 0. The molecular formula is C20H27N3O3. The van der Waals surface area contributed by atoms with Crippen LogP contribution >= 0.6 is 0 Å². The maximum atomic E-state index is 12.8. The molecule has 1 aliphatic rings. The van der Waals surface area contributed by atoms with E-state index in [1.807, 2.05) is 36.2 Å². The van der Waals surface area contributed by atoms with Crippen LogP contribution in [0.5, 0.6) is 5.75 Å². The molecule has 1 aromatic carbocycles. The van der Waals surface area contributed by atoms with E-state index < -0.39 is 0 Å². The van der Waals surface area contributed by atoms with Gasteiger partial charge in [-0.3, -0.25) is 4.79 Å². The molecular weight excluding hydrogens is 330 g/mol. The van der Waals surface area contributed by atoms with Crippen molar-refractivity contribution < 1.29 is 14.1 Å². The van der Waals surface area contributed by atoms with E-state index in [1.54, 1.807) is 6.92 Å². The summed E-state index contributed by atoms with van der Waals surface area (Å²) < 4.78 is 10.6. The third-order valence-corrected chi connectivity index (χ3v) is 4.98. The molecule has 1 amide bonds. The Morgan fingerprint density at radius 3 is 2.42 bits per heavy atom. The second kappa shape index (κ2) is 8.83. The lowest BCUT2D eigenvalue weighted by Gasteiger charge is -2.30. The Balaban J connectivity index is 1.57. The molecule has 1 heterocycles. The van der Waals surface area contributed by atoms with Gasteiger partial charge in [0, 0.05) is 25.6 Å². The summed E-state index contributed by atoms with van der Waals surface area (Å²) in [5.41, 5.74) is 0.692. The molecule has 0 N–H and O–H groups in total. The number of amides is 1. The summed E-state index contributed by atoms with van der Waals surface area (Å²) in [6.07, 6.45) is 8.53. The largest absolute Gasteiger partial charge is 0.485 e. The number of benzene rings is 1. The Kier molecular flexibility index (Phi) is 6.26. The summed E-state index contributed by atoms with van der Waals surface area (Å²) in [6.45, 7) is 1.98. The van der Waals surface area contributed by atoms with Crippen molar-refractivity contribution in [2.45, 2.75) is 64.5 Å². The lowest BCUT2D eigenvalue weighted by molar-refractivity contribution is 0.0706. The van der Waals surface area contributed by atoms with Crippen molar-refractivity contribution in [2.24, 2.45) is 0 Å². The smallest absolute Gasteiger partial charge is 0.253 e. The van der Waals surface area contributed by atoms with Crippen LogP contribution in [0.3, 0.4) is 0 Å². The molecule has 140 valence electrons. The van der Waals surface area contributed by atoms with Crippen molar-refractivity contribution in [3.05, 3.63) is 41.5 Å². The zero-order valence-electron chi connectivity index (χ0n) is 15.6. The standard InChI is InChI=1S/C20H27N3O3/c1-15-21-19(22-26-15)14-25-18-12-10-16(11-13-18)20(24)23(2)17-8-6-4-3-5-7-9-17/h10-13,17H,3-9,14H2,1-2H3. The molecule has 1 fully saturated rings. The third-order valence-electron chi connectivity index (χ3n) is 4.98. The summed E-state index contributed by atoms with van der Waals surface area (Å²) in [6, 6.07) is 7.61. The highest BCUT2D eigenvalue weighted by Crippen LogP contribution is 2.22. The first-order valence-corrected chi connectivity index (χ1v) is 9.42. The first kappa shape index (κ1) is 18.4. The maximum absolute atomic E-state index is 12.8. The molecule has 0 spiro atoms. The molecule has 26 heavy (non-hydrogen) atoms. The fraction of sp³-hybridized carbons (Fsp3) is 0.550. The van der Waals surface area contributed by atoms with Gasteiger partial charge in [0.05, 0.1) is 0 Å². The number of hydrogen-bond donors (Lipinski definition) is 0. The number of nitrogens with zero attached hydrogens (tertiary/aromatic N) is 3. The predicted molar refractivity (Wildman–Crippen MR) is 98.0 cm³/mol. The van der Waals surface area contributed by atoms with Gasteiger partial charge in [-0.1, -0.05) is 37.3 Å². The van der Waals surface area contributed by atoms with Crippen LogP contribution in [0, 0.1) is 6.92 Å². The van der Waals surface area contributed by atoms with E-state index in [1.165, 1.54) is 32.1 Å². The van der Waals surface area contributed by atoms with E-state index in [4.69, 9.17) is 9.26 Å². The Morgan fingerprint density at radius 1 is 1.15 bits per heavy atom. The first-order valence-electron chi connectivity index (χ1n) is 9.42. The van der Waals surface area contributed by atoms with E-state index in [0.29, 0.717) is 29.1 Å². The molecule has 0 radical (unpaired) electrons.